The second kappa shape index (κ2) is 7.07. The van der Waals surface area contributed by atoms with Crippen molar-refractivity contribution >= 4 is 5.91 Å². The molecule has 0 saturated carbocycles. The smallest absolute Gasteiger partial charge is 0.257 e. The van der Waals surface area contributed by atoms with Crippen LogP contribution in [0.5, 0.6) is 11.5 Å². The average molecular weight is 277 g/mol. The number of ether oxygens (including phenoxy) is 2. The number of aromatic nitrogens is 4. The van der Waals surface area contributed by atoms with E-state index in [1.165, 1.54) is 0 Å². The van der Waals surface area contributed by atoms with E-state index in [9.17, 15) is 4.79 Å². The van der Waals surface area contributed by atoms with Crippen LogP contribution in [0.2, 0.25) is 0 Å². The molecule has 8 nitrogen and oxygen atoms in total. The van der Waals surface area contributed by atoms with Gasteiger partial charge in [-0.25, -0.2) is 0 Å². The number of methoxy groups -OCH3 is 1. The highest BCUT2D eigenvalue weighted by Gasteiger charge is 2.07. The van der Waals surface area contributed by atoms with Crippen LogP contribution in [-0.4, -0.2) is 46.8 Å². The van der Waals surface area contributed by atoms with Crippen LogP contribution in [0, 0.1) is 0 Å². The molecule has 0 radical (unpaired) electrons. The summed E-state index contributed by atoms with van der Waals surface area (Å²) in [6, 6.07) is 7.15. The van der Waals surface area contributed by atoms with Crippen molar-refractivity contribution in [3.05, 3.63) is 30.1 Å². The molecule has 0 aliphatic rings. The van der Waals surface area contributed by atoms with E-state index < -0.39 is 0 Å². The normalized spacial score (nSPS) is 10.1. The van der Waals surface area contributed by atoms with Crippen molar-refractivity contribution in [2.45, 2.75) is 6.42 Å². The second-order valence-electron chi connectivity index (χ2n) is 3.87. The van der Waals surface area contributed by atoms with E-state index in [0.29, 0.717) is 30.3 Å². The highest BCUT2D eigenvalue weighted by molar-refractivity contribution is 5.77. The summed E-state index contributed by atoms with van der Waals surface area (Å²) in [5.74, 6) is 1.45. The van der Waals surface area contributed by atoms with Gasteiger partial charge in [-0.15, -0.1) is 10.2 Å². The Morgan fingerprint density at radius 1 is 1.35 bits per heavy atom. The first-order valence-electron chi connectivity index (χ1n) is 6.04. The summed E-state index contributed by atoms with van der Waals surface area (Å²) in [6.07, 6.45) is 0.511. The zero-order chi connectivity index (χ0) is 14.2. The van der Waals surface area contributed by atoms with Crippen LogP contribution >= 0.6 is 0 Å². The Bertz CT molecular complexity index is 544. The molecule has 0 fully saturated rings. The minimum atomic E-state index is -0.223. The molecule has 1 aromatic heterocycles. The Labute approximate surface area is 115 Å². The van der Waals surface area contributed by atoms with Crippen LogP contribution in [0.25, 0.3) is 0 Å². The van der Waals surface area contributed by atoms with Crippen molar-refractivity contribution in [1.82, 2.24) is 25.9 Å². The van der Waals surface area contributed by atoms with Crippen molar-refractivity contribution in [3.63, 3.8) is 0 Å². The van der Waals surface area contributed by atoms with E-state index in [2.05, 4.69) is 25.9 Å². The average Bonchev–Trinajstić information content (AvgIpc) is 2.98. The number of hydrogen-bond donors (Lipinski definition) is 2. The molecular weight excluding hydrogens is 262 g/mol. The van der Waals surface area contributed by atoms with E-state index in [4.69, 9.17) is 9.47 Å². The summed E-state index contributed by atoms with van der Waals surface area (Å²) in [6.45, 7) is 0.347. The number of carbonyl (C=O) groups excluding carboxylic acids is 1. The summed E-state index contributed by atoms with van der Waals surface area (Å²) in [5, 5.41) is 16.0. The topological polar surface area (TPSA) is 102 Å². The molecule has 2 rings (SSSR count). The lowest BCUT2D eigenvalue weighted by Gasteiger charge is -2.10. The molecule has 0 aliphatic heterocycles. The third-order valence-electron chi connectivity index (χ3n) is 2.49. The summed E-state index contributed by atoms with van der Waals surface area (Å²) in [5.41, 5.74) is 0. The Balaban J connectivity index is 1.72. The molecule has 0 atom stereocenters. The first-order chi connectivity index (χ1) is 9.79. The highest BCUT2D eigenvalue weighted by atomic mass is 16.5. The summed E-state index contributed by atoms with van der Waals surface area (Å²) >= 11 is 0. The molecule has 106 valence electrons. The van der Waals surface area contributed by atoms with Gasteiger partial charge in [0.05, 0.1) is 7.11 Å². The van der Waals surface area contributed by atoms with Crippen LogP contribution in [0.3, 0.4) is 0 Å². The van der Waals surface area contributed by atoms with Crippen LogP contribution in [-0.2, 0) is 11.2 Å². The van der Waals surface area contributed by atoms with Gasteiger partial charge < -0.3 is 14.8 Å². The monoisotopic (exact) mass is 277 g/mol. The van der Waals surface area contributed by atoms with Gasteiger partial charge in [-0.1, -0.05) is 17.3 Å². The number of benzene rings is 1. The van der Waals surface area contributed by atoms with Crippen molar-refractivity contribution in [1.29, 1.82) is 0 Å². The summed E-state index contributed by atoms with van der Waals surface area (Å²) in [4.78, 5) is 11.6. The second-order valence-corrected chi connectivity index (χ2v) is 3.87. The molecule has 0 saturated heterocycles. The van der Waals surface area contributed by atoms with Gasteiger partial charge in [0.25, 0.3) is 5.91 Å². The standard InChI is InChI=1S/C12H15N5O3/c1-19-9-4-2-3-5-10(9)20-8-12(18)13-7-6-11-14-16-17-15-11/h2-5H,6-8H2,1H3,(H,13,18)(H,14,15,16,17). The summed E-state index contributed by atoms with van der Waals surface area (Å²) in [7, 11) is 1.55. The Morgan fingerprint density at radius 2 is 2.15 bits per heavy atom. The zero-order valence-electron chi connectivity index (χ0n) is 11.0. The lowest BCUT2D eigenvalue weighted by Crippen LogP contribution is -2.30. The number of nitrogens with one attached hydrogen (secondary N) is 2. The Morgan fingerprint density at radius 3 is 2.85 bits per heavy atom. The molecule has 1 aromatic carbocycles. The Hall–Kier alpha value is -2.64. The van der Waals surface area contributed by atoms with Crippen LogP contribution in [0.15, 0.2) is 24.3 Å². The molecule has 0 bridgehead atoms. The van der Waals surface area contributed by atoms with Crippen LogP contribution in [0.4, 0.5) is 0 Å². The van der Waals surface area contributed by atoms with Gasteiger partial charge in [-0.05, 0) is 12.1 Å². The number of rotatable bonds is 7. The molecular formula is C12H15N5O3. The number of carbonyl (C=O) groups is 1. The lowest BCUT2D eigenvalue weighted by molar-refractivity contribution is -0.123. The molecule has 0 unspecified atom stereocenters. The largest absolute Gasteiger partial charge is 0.493 e. The maximum Gasteiger partial charge on any atom is 0.257 e. The molecule has 20 heavy (non-hydrogen) atoms. The molecule has 2 N–H and O–H groups in total. The van der Waals surface area contributed by atoms with E-state index in [1.807, 2.05) is 12.1 Å². The Kier molecular flexibility index (Phi) is 4.87. The first-order valence-corrected chi connectivity index (χ1v) is 6.04. The molecule has 8 heteroatoms. The first kappa shape index (κ1) is 13.8. The SMILES string of the molecule is COc1ccccc1OCC(=O)NCCc1nn[nH]n1. The lowest BCUT2D eigenvalue weighted by atomic mass is 10.3. The predicted octanol–water partition coefficient (Wildman–Crippen LogP) is -0.0540. The van der Waals surface area contributed by atoms with E-state index in [1.54, 1.807) is 19.2 Å². The number of amides is 1. The maximum absolute atomic E-state index is 11.6. The van der Waals surface area contributed by atoms with Gasteiger partial charge in [0.2, 0.25) is 0 Å². The third kappa shape index (κ3) is 3.94. The van der Waals surface area contributed by atoms with Crippen molar-refractivity contribution in [2.75, 3.05) is 20.3 Å². The van der Waals surface area contributed by atoms with Crippen LogP contribution < -0.4 is 14.8 Å². The third-order valence-corrected chi connectivity index (χ3v) is 2.49. The quantitative estimate of drug-likeness (QED) is 0.735. The van der Waals surface area contributed by atoms with Crippen molar-refractivity contribution in [2.24, 2.45) is 0 Å². The van der Waals surface area contributed by atoms with Crippen molar-refractivity contribution in [3.8, 4) is 11.5 Å². The van der Waals surface area contributed by atoms with Gasteiger partial charge in [-0.2, -0.15) is 5.21 Å². The number of aromatic amines is 1. The molecule has 0 aliphatic carbocycles. The highest BCUT2D eigenvalue weighted by Crippen LogP contribution is 2.25. The fourth-order valence-electron chi connectivity index (χ4n) is 1.53. The molecule has 1 amide bonds. The van der Waals surface area contributed by atoms with Gasteiger partial charge in [-0.3, -0.25) is 4.79 Å². The molecule has 0 spiro atoms. The van der Waals surface area contributed by atoms with Crippen LogP contribution in [0.1, 0.15) is 5.82 Å². The minimum Gasteiger partial charge on any atom is -0.493 e. The maximum atomic E-state index is 11.6. The van der Waals surface area contributed by atoms with Gasteiger partial charge in [0.1, 0.15) is 0 Å². The number of para-hydroxylation sites is 2. The minimum absolute atomic E-state index is 0.0768. The summed E-state index contributed by atoms with van der Waals surface area (Å²) < 4.78 is 10.5. The number of tetrazole rings is 1. The van der Waals surface area contributed by atoms with Gasteiger partial charge in [0.15, 0.2) is 23.9 Å². The predicted molar refractivity (Wildman–Crippen MR) is 69.4 cm³/mol. The number of hydrogen-bond acceptors (Lipinski definition) is 6. The van der Waals surface area contributed by atoms with E-state index in [-0.39, 0.29) is 12.5 Å². The van der Waals surface area contributed by atoms with Gasteiger partial charge >= 0.3 is 0 Å². The number of H-pyrrole nitrogens is 1. The van der Waals surface area contributed by atoms with Gasteiger partial charge in [0, 0.05) is 13.0 Å². The fourth-order valence-corrected chi connectivity index (χ4v) is 1.53. The van der Waals surface area contributed by atoms with E-state index >= 15 is 0 Å². The molecule has 2 aromatic rings. The number of nitrogens with zero attached hydrogens (tertiary/aromatic N) is 3. The van der Waals surface area contributed by atoms with Crippen molar-refractivity contribution < 1.29 is 14.3 Å². The zero-order valence-corrected chi connectivity index (χ0v) is 11.0. The fraction of sp³-hybridized carbons (Fsp3) is 0.333. The van der Waals surface area contributed by atoms with E-state index in [0.717, 1.165) is 0 Å². The molecule has 1 heterocycles.